The normalized spacial score (nSPS) is 10.3. The quantitative estimate of drug-likeness (QED) is 0.467. The Hall–Kier alpha value is -1.12. The molecular formula is C10H16O3. The molecule has 0 amide bonds. The molecule has 0 spiro atoms. The van der Waals surface area contributed by atoms with Crippen LogP contribution in [0.5, 0.6) is 0 Å². The second kappa shape index (κ2) is 7.53. The molecule has 3 nitrogen and oxygen atoms in total. The third-order valence-electron chi connectivity index (χ3n) is 1.57. The minimum atomic E-state index is -0.198. The smallest absolute Gasteiger partial charge is 0.305 e. The summed E-state index contributed by atoms with van der Waals surface area (Å²) in [6.45, 7) is 1.57. The number of carbonyl (C=O) groups excluding carboxylic acids is 2. The van der Waals surface area contributed by atoms with Gasteiger partial charge in [-0.3, -0.25) is 4.79 Å². The molecule has 0 heterocycles. The third-order valence-corrected chi connectivity index (χ3v) is 1.57. The summed E-state index contributed by atoms with van der Waals surface area (Å²) < 4.78 is 4.47. The molecule has 0 bridgehead atoms. The fourth-order valence-corrected chi connectivity index (χ4v) is 0.826. The van der Waals surface area contributed by atoms with Crippen LogP contribution in [0.2, 0.25) is 0 Å². The van der Waals surface area contributed by atoms with Gasteiger partial charge in [0.1, 0.15) is 5.78 Å². The number of methoxy groups -OCH3 is 1. The van der Waals surface area contributed by atoms with E-state index in [1.807, 2.05) is 12.2 Å². The molecule has 0 radical (unpaired) electrons. The van der Waals surface area contributed by atoms with Crippen molar-refractivity contribution < 1.29 is 14.3 Å². The average molecular weight is 184 g/mol. The molecule has 0 aromatic rings. The molecule has 0 aromatic heterocycles. The molecule has 0 unspecified atom stereocenters. The molecule has 0 rings (SSSR count). The Labute approximate surface area is 78.8 Å². The highest BCUT2D eigenvalue weighted by atomic mass is 16.5. The largest absolute Gasteiger partial charge is 0.469 e. The van der Waals surface area contributed by atoms with Gasteiger partial charge in [0.15, 0.2) is 0 Å². The van der Waals surface area contributed by atoms with Crippen molar-refractivity contribution in [1.82, 2.24) is 0 Å². The Morgan fingerprint density at radius 3 is 2.15 bits per heavy atom. The summed E-state index contributed by atoms with van der Waals surface area (Å²) in [5.74, 6) is -0.00571. The molecule has 0 aliphatic carbocycles. The fraction of sp³-hybridized carbons (Fsp3) is 0.600. The van der Waals surface area contributed by atoms with E-state index in [4.69, 9.17) is 0 Å². The molecule has 13 heavy (non-hydrogen) atoms. The highest BCUT2D eigenvalue weighted by molar-refractivity contribution is 5.75. The maximum atomic E-state index is 10.6. The van der Waals surface area contributed by atoms with E-state index in [1.54, 1.807) is 6.92 Å². The van der Waals surface area contributed by atoms with Gasteiger partial charge >= 0.3 is 5.97 Å². The lowest BCUT2D eigenvalue weighted by molar-refractivity contribution is -0.140. The SMILES string of the molecule is COC(=O)CC/C=C\CCC(C)=O. The average Bonchev–Trinajstić information content (AvgIpc) is 2.10. The maximum Gasteiger partial charge on any atom is 0.305 e. The minimum absolute atomic E-state index is 0.192. The van der Waals surface area contributed by atoms with Crippen molar-refractivity contribution in [3.63, 3.8) is 0 Å². The van der Waals surface area contributed by atoms with Gasteiger partial charge in [0, 0.05) is 12.8 Å². The fourth-order valence-electron chi connectivity index (χ4n) is 0.826. The van der Waals surface area contributed by atoms with Crippen molar-refractivity contribution in [2.24, 2.45) is 0 Å². The third kappa shape index (κ3) is 8.79. The van der Waals surface area contributed by atoms with Gasteiger partial charge in [-0.1, -0.05) is 12.2 Å². The number of hydrogen-bond donors (Lipinski definition) is 0. The van der Waals surface area contributed by atoms with E-state index in [2.05, 4.69) is 4.74 Å². The minimum Gasteiger partial charge on any atom is -0.469 e. The van der Waals surface area contributed by atoms with Crippen LogP contribution in [0, 0.1) is 0 Å². The Morgan fingerprint density at radius 2 is 1.69 bits per heavy atom. The zero-order valence-corrected chi connectivity index (χ0v) is 8.21. The summed E-state index contributed by atoms with van der Waals surface area (Å²) >= 11 is 0. The topological polar surface area (TPSA) is 43.4 Å². The number of ether oxygens (including phenoxy) is 1. The van der Waals surface area contributed by atoms with Gasteiger partial charge in [0.2, 0.25) is 0 Å². The first-order valence-electron chi connectivity index (χ1n) is 4.38. The number of esters is 1. The summed E-state index contributed by atoms with van der Waals surface area (Å²) in [5, 5.41) is 0. The lowest BCUT2D eigenvalue weighted by Crippen LogP contribution is -1.97. The van der Waals surface area contributed by atoms with Gasteiger partial charge in [-0.05, 0) is 19.8 Å². The number of allylic oxidation sites excluding steroid dienone is 2. The molecule has 0 saturated carbocycles. The number of ketones is 1. The summed E-state index contributed by atoms with van der Waals surface area (Å²) in [6, 6.07) is 0. The second-order valence-corrected chi connectivity index (χ2v) is 2.83. The van der Waals surface area contributed by atoms with Gasteiger partial charge in [-0.25, -0.2) is 0 Å². The molecule has 0 aromatic carbocycles. The standard InChI is InChI=1S/C10H16O3/c1-9(11)7-5-3-4-6-8-10(12)13-2/h3-4H,5-8H2,1-2H3/b4-3-. The van der Waals surface area contributed by atoms with Crippen molar-refractivity contribution in [2.75, 3.05) is 7.11 Å². The number of carbonyl (C=O) groups is 2. The summed E-state index contributed by atoms with van der Waals surface area (Å²) in [6.07, 6.45) is 6.26. The molecule has 3 heteroatoms. The zero-order chi connectivity index (χ0) is 10.1. The van der Waals surface area contributed by atoms with Crippen LogP contribution < -0.4 is 0 Å². The highest BCUT2D eigenvalue weighted by Gasteiger charge is 1.95. The monoisotopic (exact) mass is 184 g/mol. The molecule has 0 aliphatic rings. The van der Waals surface area contributed by atoms with E-state index in [9.17, 15) is 9.59 Å². The molecule has 0 atom stereocenters. The van der Waals surface area contributed by atoms with Crippen LogP contribution in [0.3, 0.4) is 0 Å². The summed E-state index contributed by atoms with van der Waals surface area (Å²) in [4.78, 5) is 21.2. The van der Waals surface area contributed by atoms with Gasteiger partial charge in [-0.2, -0.15) is 0 Å². The lowest BCUT2D eigenvalue weighted by Gasteiger charge is -1.93. The molecule has 0 saturated heterocycles. The first-order valence-corrected chi connectivity index (χ1v) is 4.38. The first-order chi connectivity index (χ1) is 6.16. The predicted molar refractivity (Wildman–Crippen MR) is 50.3 cm³/mol. The van der Waals surface area contributed by atoms with Crippen LogP contribution in [0.1, 0.15) is 32.6 Å². The van der Waals surface area contributed by atoms with E-state index in [1.165, 1.54) is 7.11 Å². The predicted octanol–water partition coefficient (Wildman–Crippen LogP) is 1.86. The van der Waals surface area contributed by atoms with E-state index in [-0.39, 0.29) is 11.8 Å². The van der Waals surface area contributed by atoms with Crippen molar-refractivity contribution in [3.8, 4) is 0 Å². The van der Waals surface area contributed by atoms with Crippen molar-refractivity contribution >= 4 is 11.8 Å². The number of hydrogen-bond acceptors (Lipinski definition) is 3. The van der Waals surface area contributed by atoms with E-state index >= 15 is 0 Å². The first kappa shape index (κ1) is 11.9. The van der Waals surface area contributed by atoms with Crippen LogP contribution in [-0.4, -0.2) is 18.9 Å². The Morgan fingerprint density at radius 1 is 1.15 bits per heavy atom. The molecule has 0 aliphatic heterocycles. The van der Waals surface area contributed by atoms with Crippen LogP contribution in [0.4, 0.5) is 0 Å². The van der Waals surface area contributed by atoms with Gasteiger partial charge in [-0.15, -0.1) is 0 Å². The van der Waals surface area contributed by atoms with Gasteiger partial charge in [0.05, 0.1) is 7.11 Å². The van der Waals surface area contributed by atoms with Crippen LogP contribution in [0.15, 0.2) is 12.2 Å². The summed E-state index contributed by atoms with van der Waals surface area (Å²) in [7, 11) is 1.38. The lowest BCUT2D eigenvalue weighted by atomic mass is 10.2. The highest BCUT2D eigenvalue weighted by Crippen LogP contribution is 1.97. The second-order valence-electron chi connectivity index (χ2n) is 2.83. The van der Waals surface area contributed by atoms with E-state index in [0.717, 1.165) is 6.42 Å². The number of rotatable bonds is 6. The Balaban J connectivity index is 3.31. The van der Waals surface area contributed by atoms with Crippen LogP contribution >= 0.6 is 0 Å². The van der Waals surface area contributed by atoms with Crippen molar-refractivity contribution in [1.29, 1.82) is 0 Å². The molecule has 0 fully saturated rings. The van der Waals surface area contributed by atoms with Crippen LogP contribution in [0.25, 0.3) is 0 Å². The maximum absolute atomic E-state index is 10.6. The Bertz CT molecular complexity index is 194. The van der Waals surface area contributed by atoms with Crippen molar-refractivity contribution in [3.05, 3.63) is 12.2 Å². The van der Waals surface area contributed by atoms with Gasteiger partial charge < -0.3 is 9.53 Å². The van der Waals surface area contributed by atoms with E-state index < -0.39 is 0 Å². The van der Waals surface area contributed by atoms with E-state index in [0.29, 0.717) is 19.3 Å². The van der Waals surface area contributed by atoms with Crippen LogP contribution in [-0.2, 0) is 14.3 Å². The molecule has 74 valence electrons. The molecule has 0 N–H and O–H groups in total. The Kier molecular flexibility index (Phi) is 6.88. The zero-order valence-electron chi connectivity index (χ0n) is 8.21. The number of Topliss-reactive ketones (excluding diaryl/α,β-unsaturated/α-hetero) is 1. The van der Waals surface area contributed by atoms with Gasteiger partial charge in [0.25, 0.3) is 0 Å². The van der Waals surface area contributed by atoms with Crippen molar-refractivity contribution in [2.45, 2.75) is 32.6 Å². The summed E-state index contributed by atoms with van der Waals surface area (Å²) in [5.41, 5.74) is 0. The molecular weight excluding hydrogens is 168 g/mol.